The van der Waals surface area contributed by atoms with Crippen LogP contribution >= 0.6 is 40.3 Å². The maximum atomic E-state index is 13.6. The molecule has 68 heteroatoms. The monoisotopic (exact) mass is 2060 g/mol. The second-order valence-corrected chi connectivity index (χ2v) is 47.0. The Bertz CT molecular complexity index is 6520. The number of aromatic amines is 2. The summed E-state index contributed by atoms with van der Waals surface area (Å²) >= 11 is 33.8. The van der Waals surface area contributed by atoms with Crippen LogP contribution in [-0.2, 0) is 158 Å². The molecule has 0 saturated carbocycles. The minimum absolute atomic E-state index is 0.000806. The van der Waals surface area contributed by atoms with Crippen LogP contribution in [0, 0.1) is 6.92 Å². The van der Waals surface area contributed by atoms with Crippen molar-refractivity contribution in [1.82, 2.24) is 102 Å². The SMILES string of the molecule is CCOP(O)(=S)O[C@H]1C(COP(O)(=S)O[C@@H]2C[C@H](n3cnc4c3N=C(N)NC4N)OC2COP(O)(=S)O[C@@H]2CC(n3cc(C)c(=O)[nH]c3=O)O[C@@H]2COP(O)(=S)O[C@@H]2C[C@H](n3cnc4c(N)ncnc43)O[C@@H]2COP(O)(=S)O[C@@H]2CC(n3cnc4c(=O)[nH]c(N)nc43)OC2COP(O)(=S)O[C@@H]2CC(n3cnc4c(N)ncnc43)OC2C)O[C@@H](n2cnc3c(N)ncnc32)C1OC. The van der Waals surface area contributed by atoms with Crippen molar-refractivity contribution >= 4 is 191 Å². The molecule has 10 aromatic heterocycles. The van der Waals surface area contributed by atoms with E-state index in [1.807, 2.05) is 0 Å². The van der Waals surface area contributed by atoms with Gasteiger partial charge in [0, 0.05) is 51.0 Å². The number of nitrogens with two attached hydrogens (primary N) is 6. The lowest BCUT2D eigenvalue weighted by Crippen LogP contribution is -2.41. The van der Waals surface area contributed by atoms with Gasteiger partial charge in [-0.05, 0) is 91.6 Å². The van der Waals surface area contributed by atoms with Crippen LogP contribution in [0.1, 0.15) is 101 Å². The van der Waals surface area contributed by atoms with Crippen molar-refractivity contribution in [2.75, 3.05) is 69.7 Å². The fourth-order valence-corrected chi connectivity index (χ4v) is 24.7. The third-order valence-corrected chi connectivity index (χ3v) is 31.3. The molecule has 0 amide bonds. The van der Waals surface area contributed by atoms with Crippen LogP contribution < -0.4 is 56.5 Å². The van der Waals surface area contributed by atoms with Crippen molar-refractivity contribution in [2.45, 2.75) is 176 Å². The molecule has 17 rings (SSSR count). The highest BCUT2D eigenvalue weighted by molar-refractivity contribution is 8.08. The van der Waals surface area contributed by atoms with Crippen LogP contribution in [0.25, 0.3) is 44.7 Å². The molecule has 15 unspecified atom stereocenters. The number of anilines is 4. The minimum atomic E-state index is -4.67. The number of hydrogen-bond donors (Lipinski definition) is 15. The molecule has 6 fully saturated rings. The summed E-state index contributed by atoms with van der Waals surface area (Å²) in [6, 6.07) is 0. The Morgan fingerprint density at radius 3 is 1.31 bits per heavy atom. The quantitative estimate of drug-likeness (QED) is 0.0235. The molecule has 56 nitrogen and oxygen atoms in total. The zero-order chi connectivity index (χ0) is 92.9. The smallest absolute Gasteiger partial charge is 0.330 e. The molecule has 0 bridgehead atoms. The summed E-state index contributed by atoms with van der Waals surface area (Å²) in [5, 5.41) is 2.79. The maximum absolute atomic E-state index is 13.6. The largest absolute Gasteiger partial charge is 0.382 e. The number of methoxy groups -OCH3 is 1. The van der Waals surface area contributed by atoms with E-state index in [4.69, 9.17) is 193 Å². The molecule has 26 atom stereocenters. The molecule has 0 aromatic carbocycles. The zero-order valence-corrected chi connectivity index (χ0v) is 78.5. The topological polar surface area (TPSA) is 744 Å². The van der Waals surface area contributed by atoms with E-state index < -0.39 is 213 Å². The number of nitrogen functional groups attached to an aromatic ring is 4. The van der Waals surface area contributed by atoms with E-state index >= 15 is 0 Å². The molecule has 21 N–H and O–H groups in total. The van der Waals surface area contributed by atoms with Crippen LogP contribution in [0.4, 0.5) is 29.2 Å². The highest BCUT2D eigenvalue weighted by Crippen LogP contribution is 2.58. The van der Waals surface area contributed by atoms with Gasteiger partial charge in [0.1, 0.15) is 121 Å². The van der Waals surface area contributed by atoms with Crippen molar-refractivity contribution in [3.05, 3.63) is 99.3 Å². The van der Waals surface area contributed by atoms with Crippen molar-refractivity contribution < 1.29 is 117 Å². The molecule has 0 aliphatic carbocycles. The molecule has 7 aliphatic heterocycles. The third kappa shape index (κ3) is 20.9. The van der Waals surface area contributed by atoms with Gasteiger partial charge in [0.2, 0.25) is 5.95 Å². The van der Waals surface area contributed by atoms with Crippen LogP contribution in [0.5, 0.6) is 0 Å². The van der Waals surface area contributed by atoms with Crippen LogP contribution in [0.15, 0.2) is 76.2 Å². The lowest BCUT2D eigenvalue weighted by atomic mass is 10.1. The second kappa shape index (κ2) is 38.3. The van der Waals surface area contributed by atoms with E-state index in [0.29, 0.717) is 11.2 Å². The highest BCUT2D eigenvalue weighted by Gasteiger charge is 2.53. The van der Waals surface area contributed by atoms with Crippen LogP contribution in [0.2, 0.25) is 0 Å². The number of guanidine groups is 1. The summed E-state index contributed by atoms with van der Waals surface area (Å²) in [6.45, 7) is -25.4. The van der Waals surface area contributed by atoms with Gasteiger partial charge >= 0.3 is 46.0 Å². The summed E-state index contributed by atoms with van der Waals surface area (Å²) in [4.78, 5) is 171. The number of hydrogen-bond acceptors (Lipinski definition) is 48. The van der Waals surface area contributed by atoms with Gasteiger partial charge in [0.15, 0.2) is 63.6 Å². The van der Waals surface area contributed by atoms with Crippen molar-refractivity contribution in [3.63, 3.8) is 0 Å². The van der Waals surface area contributed by atoms with Crippen molar-refractivity contribution in [2.24, 2.45) is 16.5 Å². The van der Waals surface area contributed by atoms with E-state index in [9.17, 15) is 43.7 Å². The van der Waals surface area contributed by atoms with Gasteiger partial charge < -0.3 is 152 Å². The average Bonchev–Trinajstić information content (AvgIpc) is 1.60. The predicted molar refractivity (Wildman–Crippen MR) is 474 cm³/mol. The number of fused-ring (bicyclic) bond motifs is 5. The minimum Gasteiger partial charge on any atom is -0.382 e. The summed E-state index contributed by atoms with van der Waals surface area (Å²) in [7, 11) is 1.35. The van der Waals surface area contributed by atoms with Gasteiger partial charge in [0.25, 0.3) is 11.1 Å². The number of H-pyrrole nitrogens is 2. The Labute approximate surface area is 766 Å². The van der Waals surface area contributed by atoms with E-state index in [0.717, 1.165) is 4.57 Å². The Balaban J connectivity index is 0.591. The lowest BCUT2D eigenvalue weighted by Gasteiger charge is -2.29. The first-order valence-electron chi connectivity index (χ1n) is 39.3. The molecule has 0 spiro atoms. The number of imidazole rings is 5. The van der Waals surface area contributed by atoms with Crippen LogP contribution in [0.3, 0.4) is 0 Å². The van der Waals surface area contributed by atoms with E-state index in [-0.39, 0.29) is 119 Å². The Hall–Kier alpha value is -6.78. The molecular weight excluding hydrogens is 1980 g/mol. The fraction of sp³-hybridized carbons (Fsp3) is 0.556. The predicted octanol–water partition coefficient (Wildman–Crippen LogP) is 0.331. The summed E-state index contributed by atoms with van der Waals surface area (Å²) in [5.74, 6) is 0.0911. The maximum Gasteiger partial charge on any atom is 0.330 e. The molecular formula is C63H84N28O28P6S6. The first-order chi connectivity index (χ1) is 62.2. The van der Waals surface area contributed by atoms with Crippen molar-refractivity contribution in [1.29, 1.82) is 0 Å². The van der Waals surface area contributed by atoms with E-state index in [2.05, 4.69) is 80.1 Å². The summed E-state index contributed by atoms with van der Waals surface area (Å²) < 4.78 is 126. The molecule has 10 aromatic rings. The lowest BCUT2D eigenvalue weighted by molar-refractivity contribution is -0.0603. The Kier molecular flexibility index (Phi) is 28.0. The summed E-state index contributed by atoms with van der Waals surface area (Å²) in [5.41, 5.74) is 36.3. The molecule has 710 valence electrons. The number of rotatable bonds is 36. The molecule has 6 saturated heterocycles. The van der Waals surface area contributed by atoms with Gasteiger partial charge in [-0.1, -0.05) is 0 Å². The molecule has 17 heterocycles. The standard InChI is InChI=1S/C63H84N28O28P6S6/c1-5-102-120(95,126)119-47-36(113-60(48(47)101-4)91-24-79-44-51(66)72-19-75-55(44)91)16-107-125(100,131)118-30-9-40(89-22-78-45-52(67)81-61(68)82-56(45)89)111-35(30)15-106-122(97,128)115-28-7-37(86-11-25(2)58(92)85-63(86)94)109-32(28)12-104-123(98,129)116-29-8-39(88-21-77-43-50(65)71-18-74-54(43)88)110-33(29)14-105-124(99,130)117-31-10-41(90-23-80-46-57(90)83-62(69)84-59(46)93)112-34(31)13-103-121(96,127)114-27-6-38(108-26(27)3)87-20-76-42-49(64)70-17-73-53(42)87/h11,17-24,26-41,47-48,52,60H,5-10,12-16,67H2,1-4H3,(H,95,126)(H,96,127)(H,97,128)(H,98,129)(H,99,130)(H,100,131)(H2,64,70,73)(H2,65,71,74)(H2,66,72,75)(H3,68,81,82)(H,85,92,94)(H3,69,83,84,93)/t26?,27-,28-,29-,30-,31-,32-,33-,34?,35?,36?,37?,38?,39-,40-,41?,47+,48?,52?,60-,120?,121?,122?,123?,124?,125?/m1/s1. The second-order valence-electron chi connectivity index (χ2n) is 30.2. The summed E-state index contributed by atoms with van der Waals surface area (Å²) in [6.07, 6.45) is -12.4. The average molecular weight is 2060 g/mol. The number of ether oxygens (including phenoxy) is 7. The Morgan fingerprint density at radius 1 is 0.450 bits per heavy atom. The molecule has 7 aliphatic rings. The van der Waals surface area contributed by atoms with E-state index in [1.165, 1.54) is 89.1 Å². The normalized spacial score (nSPS) is 30.3. The van der Waals surface area contributed by atoms with Gasteiger partial charge in [-0.2, -0.15) is 9.98 Å². The number of nitrogens with one attached hydrogen (secondary N) is 3. The number of nitrogens with zero attached hydrogens (tertiary/aromatic N) is 19. The van der Waals surface area contributed by atoms with Crippen molar-refractivity contribution in [3.8, 4) is 0 Å². The third-order valence-electron chi connectivity index (χ3n) is 21.7. The molecule has 0 radical (unpaired) electrons. The first kappa shape index (κ1) is 95.9. The van der Waals surface area contributed by atoms with E-state index in [1.54, 1.807) is 18.4 Å². The first-order valence-corrected chi connectivity index (χ1v) is 54.9. The van der Waals surface area contributed by atoms with Gasteiger partial charge in [-0.25, -0.2) is 59.6 Å². The Morgan fingerprint density at radius 2 is 0.840 bits per heavy atom. The zero-order valence-electron chi connectivity index (χ0n) is 68.3. The van der Waals surface area contributed by atoms with Gasteiger partial charge in [-0.3, -0.25) is 51.5 Å². The number of aliphatic imine (C=N–C) groups is 1. The van der Waals surface area contributed by atoms with Crippen LogP contribution in [-0.4, -0.2) is 259 Å². The van der Waals surface area contributed by atoms with Gasteiger partial charge in [-0.15, -0.1) is 0 Å². The van der Waals surface area contributed by atoms with Gasteiger partial charge in [0.05, 0.1) is 108 Å². The number of aromatic nitrogens is 20. The highest BCUT2D eigenvalue weighted by atomic mass is 32.5. The fourth-order valence-electron chi connectivity index (χ4n) is 15.7. The number of aryl methyl sites for hydroxylation is 1. The molecule has 131 heavy (non-hydrogen) atoms.